The lowest BCUT2D eigenvalue weighted by atomic mass is 10.0. The fraction of sp³-hybridized carbons (Fsp3) is 0.438. The molecule has 1 aromatic carbocycles. The summed E-state index contributed by atoms with van der Waals surface area (Å²) in [7, 11) is 0. The van der Waals surface area contributed by atoms with E-state index >= 15 is 0 Å². The second-order valence-corrected chi connectivity index (χ2v) is 6.16. The molecule has 2 heterocycles. The number of fused-ring (bicyclic) bond motifs is 1. The minimum Gasteiger partial charge on any atom is -0.333 e. The highest BCUT2D eigenvalue weighted by Crippen LogP contribution is 2.18. The fourth-order valence-corrected chi connectivity index (χ4v) is 2.96. The lowest BCUT2D eigenvalue weighted by Gasteiger charge is -2.28. The van der Waals surface area contributed by atoms with Crippen LogP contribution in [0.15, 0.2) is 12.1 Å². The van der Waals surface area contributed by atoms with Crippen LogP contribution in [-0.4, -0.2) is 38.2 Å². The molecule has 26 heavy (non-hydrogen) atoms. The lowest BCUT2D eigenvalue weighted by Crippen LogP contribution is -2.41. The Morgan fingerprint density at radius 2 is 1.88 bits per heavy atom. The maximum Gasteiger partial charge on any atom is 0.224 e. The molecule has 2 N–H and O–H groups in total. The molecule has 0 saturated heterocycles. The second kappa shape index (κ2) is 7.40. The van der Waals surface area contributed by atoms with E-state index in [1.807, 2.05) is 0 Å². The Balaban J connectivity index is 1.60. The summed E-state index contributed by atoms with van der Waals surface area (Å²) >= 11 is 0. The molecule has 1 aromatic heterocycles. The van der Waals surface area contributed by atoms with Gasteiger partial charge in [0, 0.05) is 31.6 Å². The van der Waals surface area contributed by atoms with Gasteiger partial charge in [-0.25, -0.2) is 17.6 Å². The number of benzene rings is 1. The fourth-order valence-electron chi connectivity index (χ4n) is 2.96. The Morgan fingerprint density at radius 1 is 1.15 bits per heavy atom. The molecule has 2 aromatic rings. The van der Waals surface area contributed by atoms with E-state index in [4.69, 9.17) is 5.73 Å². The summed E-state index contributed by atoms with van der Waals surface area (Å²) in [5.74, 6) is -2.93. The van der Waals surface area contributed by atoms with Gasteiger partial charge in [0.25, 0.3) is 0 Å². The quantitative estimate of drug-likeness (QED) is 0.638. The first-order chi connectivity index (χ1) is 12.4. The smallest absolute Gasteiger partial charge is 0.224 e. The molecule has 1 atom stereocenters. The third-order valence-corrected chi connectivity index (χ3v) is 4.31. The molecule has 140 valence electrons. The molecule has 0 unspecified atom stereocenters. The summed E-state index contributed by atoms with van der Waals surface area (Å²) in [6.45, 7) is 0.174. The Morgan fingerprint density at radius 3 is 2.62 bits per heavy atom. The van der Waals surface area contributed by atoms with Crippen molar-refractivity contribution in [1.29, 1.82) is 0 Å². The van der Waals surface area contributed by atoms with Gasteiger partial charge >= 0.3 is 0 Å². The van der Waals surface area contributed by atoms with Gasteiger partial charge in [0.2, 0.25) is 5.91 Å². The van der Waals surface area contributed by atoms with E-state index in [2.05, 4.69) is 10.2 Å². The zero-order valence-corrected chi connectivity index (χ0v) is 13.8. The summed E-state index contributed by atoms with van der Waals surface area (Å²) in [6.07, 6.45) is -0.201. The minimum atomic E-state index is -1.28. The number of halogens is 4. The van der Waals surface area contributed by atoms with Gasteiger partial charge in [-0.05, 0) is 18.1 Å². The van der Waals surface area contributed by atoms with Gasteiger partial charge in [0.05, 0.1) is 6.54 Å². The Kier molecular flexibility index (Phi) is 5.21. The van der Waals surface area contributed by atoms with E-state index in [1.54, 1.807) is 4.57 Å². The molecule has 10 heteroatoms. The standard InChI is InChI=1S/C16H17F4N5O/c17-7-14-22-23-15-8-24(1-2-25(14)15)16(26)5-10(21)3-9-4-12(19)13(20)6-11(9)18/h4,6,10H,1-3,5,7-8,21H2/t10-/m0/s1. The van der Waals surface area contributed by atoms with Crippen LogP contribution in [0.2, 0.25) is 0 Å². The summed E-state index contributed by atoms with van der Waals surface area (Å²) in [5, 5.41) is 7.58. The highest BCUT2D eigenvalue weighted by Gasteiger charge is 2.25. The molecular formula is C16H17F4N5O. The van der Waals surface area contributed by atoms with Gasteiger partial charge in [0.15, 0.2) is 23.3 Å². The number of aromatic nitrogens is 3. The molecule has 6 nitrogen and oxygen atoms in total. The number of amides is 1. The Hall–Kier alpha value is -2.49. The average molecular weight is 371 g/mol. The highest BCUT2D eigenvalue weighted by atomic mass is 19.2. The summed E-state index contributed by atoms with van der Waals surface area (Å²) in [5.41, 5.74) is 5.79. The largest absolute Gasteiger partial charge is 0.333 e. The van der Waals surface area contributed by atoms with Crippen LogP contribution >= 0.6 is 0 Å². The van der Waals surface area contributed by atoms with E-state index in [0.29, 0.717) is 25.0 Å². The first-order valence-electron chi connectivity index (χ1n) is 8.02. The number of hydrogen-bond donors (Lipinski definition) is 1. The van der Waals surface area contributed by atoms with Crippen LogP contribution in [0.1, 0.15) is 23.6 Å². The topological polar surface area (TPSA) is 77.0 Å². The second-order valence-electron chi connectivity index (χ2n) is 6.16. The summed E-state index contributed by atoms with van der Waals surface area (Å²) in [6, 6.07) is 0.443. The third kappa shape index (κ3) is 3.69. The van der Waals surface area contributed by atoms with Gasteiger partial charge < -0.3 is 15.2 Å². The van der Waals surface area contributed by atoms with Crippen LogP contribution in [0.4, 0.5) is 17.6 Å². The van der Waals surface area contributed by atoms with Crippen LogP contribution < -0.4 is 5.73 Å². The zero-order valence-electron chi connectivity index (χ0n) is 13.8. The van der Waals surface area contributed by atoms with Crippen molar-refractivity contribution in [2.75, 3.05) is 6.54 Å². The molecule has 0 bridgehead atoms. The predicted molar refractivity (Wildman–Crippen MR) is 82.9 cm³/mol. The Bertz CT molecular complexity index is 825. The van der Waals surface area contributed by atoms with Gasteiger partial charge in [-0.1, -0.05) is 0 Å². The summed E-state index contributed by atoms with van der Waals surface area (Å²) in [4.78, 5) is 13.9. The van der Waals surface area contributed by atoms with Crippen LogP contribution in [0, 0.1) is 17.5 Å². The number of nitrogens with zero attached hydrogens (tertiary/aromatic N) is 4. The number of carbonyl (C=O) groups excluding carboxylic acids is 1. The third-order valence-electron chi connectivity index (χ3n) is 4.31. The van der Waals surface area contributed by atoms with Crippen molar-refractivity contribution >= 4 is 5.91 Å². The van der Waals surface area contributed by atoms with Crippen molar-refractivity contribution in [3.63, 3.8) is 0 Å². The van der Waals surface area contributed by atoms with Crippen molar-refractivity contribution in [2.24, 2.45) is 5.73 Å². The molecular weight excluding hydrogens is 354 g/mol. The van der Waals surface area contributed by atoms with Crippen LogP contribution in [0.5, 0.6) is 0 Å². The van der Waals surface area contributed by atoms with Crippen molar-refractivity contribution in [2.45, 2.75) is 38.6 Å². The van der Waals surface area contributed by atoms with Gasteiger partial charge in [-0.3, -0.25) is 4.79 Å². The van der Waals surface area contributed by atoms with Crippen molar-refractivity contribution < 1.29 is 22.4 Å². The lowest BCUT2D eigenvalue weighted by molar-refractivity contribution is -0.133. The minimum absolute atomic E-state index is 0.0878. The summed E-state index contributed by atoms with van der Waals surface area (Å²) < 4.78 is 54.3. The molecule has 1 amide bonds. The van der Waals surface area contributed by atoms with Crippen LogP contribution in [0.25, 0.3) is 0 Å². The number of hydrogen-bond acceptors (Lipinski definition) is 4. The molecule has 0 spiro atoms. The van der Waals surface area contributed by atoms with E-state index in [9.17, 15) is 22.4 Å². The molecule has 1 aliphatic rings. The van der Waals surface area contributed by atoms with Crippen LogP contribution in [-0.2, 0) is 31.0 Å². The molecule has 0 saturated carbocycles. The molecule has 0 aliphatic carbocycles. The van der Waals surface area contributed by atoms with E-state index in [-0.39, 0.29) is 36.7 Å². The predicted octanol–water partition coefficient (Wildman–Crippen LogP) is 1.47. The zero-order chi connectivity index (χ0) is 18.8. The molecule has 1 aliphatic heterocycles. The Labute approximate surface area is 146 Å². The number of carbonyl (C=O) groups is 1. The number of nitrogens with two attached hydrogens (primary N) is 1. The van der Waals surface area contributed by atoms with Gasteiger partial charge in [-0.2, -0.15) is 0 Å². The number of rotatable bonds is 5. The van der Waals surface area contributed by atoms with E-state index < -0.39 is 30.2 Å². The highest BCUT2D eigenvalue weighted by molar-refractivity contribution is 5.76. The normalized spacial score (nSPS) is 15.0. The van der Waals surface area contributed by atoms with Gasteiger partial charge in [-0.15, -0.1) is 10.2 Å². The van der Waals surface area contributed by atoms with Crippen LogP contribution in [0.3, 0.4) is 0 Å². The first kappa shape index (κ1) is 18.3. The maximum atomic E-state index is 13.7. The SMILES string of the molecule is N[C@H](CC(=O)N1CCn2c(CF)nnc2C1)Cc1cc(F)c(F)cc1F. The molecule has 0 radical (unpaired) electrons. The monoisotopic (exact) mass is 371 g/mol. The van der Waals surface area contributed by atoms with Gasteiger partial charge in [0.1, 0.15) is 12.5 Å². The van der Waals surface area contributed by atoms with Crippen molar-refractivity contribution in [3.05, 3.63) is 46.8 Å². The average Bonchev–Trinajstić information content (AvgIpc) is 3.01. The molecule has 3 rings (SSSR count). The van der Waals surface area contributed by atoms with Crippen molar-refractivity contribution in [1.82, 2.24) is 19.7 Å². The number of alkyl halides is 1. The van der Waals surface area contributed by atoms with Crippen molar-refractivity contribution in [3.8, 4) is 0 Å². The van der Waals surface area contributed by atoms with E-state index in [0.717, 1.165) is 6.07 Å². The molecule has 0 fully saturated rings. The maximum absolute atomic E-state index is 13.7. The van der Waals surface area contributed by atoms with E-state index in [1.165, 1.54) is 4.90 Å². The first-order valence-corrected chi connectivity index (χ1v) is 8.02.